The zero-order valence-electron chi connectivity index (χ0n) is 15.0. The number of nitrogens with zero attached hydrogens (tertiary/aromatic N) is 2. The lowest BCUT2D eigenvalue weighted by molar-refractivity contribution is -0.148. The molecule has 1 aliphatic carbocycles. The Morgan fingerprint density at radius 2 is 1.88 bits per heavy atom. The summed E-state index contributed by atoms with van der Waals surface area (Å²) in [5.74, 6) is -0.0828. The molecule has 1 aliphatic heterocycles. The van der Waals surface area contributed by atoms with Crippen LogP contribution in [0.15, 0.2) is 0 Å². The van der Waals surface area contributed by atoms with E-state index in [1.807, 2.05) is 0 Å². The van der Waals surface area contributed by atoms with Crippen molar-refractivity contribution in [1.82, 2.24) is 20.8 Å². The van der Waals surface area contributed by atoms with Crippen molar-refractivity contribution < 1.29 is 19.1 Å². The van der Waals surface area contributed by atoms with Gasteiger partial charge >= 0.3 is 5.97 Å². The largest absolute Gasteiger partial charge is 0.467 e. The highest BCUT2D eigenvalue weighted by Gasteiger charge is 2.26. The number of aromatic nitrogens is 2. The van der Waals surface area contributed by atoms with Crippen LogP contribution in [0.4, 0.5) is 0 Å². The van der Waals surface area contributed by atoms with E-state index >= 15 is 0 Å². The molecule has 2 aliphatic rings. The van der Waals surface area contributed by atoms with Crippen LogP contribution in [0, 0.1) is 0 Å². The van der Waals surface area contributed by atoms with Crippen LogP contribution < -0.4 is 10.6 Å². The highest BCUT2D eigenvalue weighted by Crippen LogP contribution is 2.28. The predicted octanol–water partition coefficient (Wildman–Crippen LogP) is 1.24. The van der Waals surface area contributed by atoms with Crippen LogP contribution >= 0.6 is 11.3 Å². The summed E-state index contributed by atoms with van der Waals surface area (Å²) in [6.07, 6.45) is 5.44. The first kappa shape index (κ1) is 19.2. The molecule has 0 aromatic carbocycles. The van der Waals surface area contributed by atoms with Crippen molar-refractivity contribution in [2.75, 3.05) is 26.8 Å². The Labute approximate surface area is 157 Å². The maximum Gasteiger partial charge on any atom is 0.331 e. The SMILES string of the molecule is COC(=O)COC1CCC(NC(=O)c2nnc(C3CCNCC3)s2)CC1. The van der Waals surface area contributed by atoms with Gasteiger partial charge in [-0.05, 0) is 51.6 Å². The second kappa shape index (κ2) is 9.38. The van der Waals surface area contributed by atoms with E-state index < -0.39 is 0 Å². The highest BCUT2D eigenvalue weighted by molar-refractivity contribution is 7.13. The Kier molecular flexibility index (Phi) is 6.93. The fourth-order valence-corrected chi connectivity index (χ4v) is 4.34. The lowest BCUT2D eigenvalue weighted by atomic mass is 9.93. The summed E-state index contributed by atoms with van der Waals surface area (Å²) in [7, 11) is 1.35. The molecule has 0 bridgehead atoms. The van der Waals surface area contributed by atoms with E-state index in [2.05, 4.69) is 25.6 Å². The van der Waals surface area contributed by atoms with E-state index in [1.165, 1.54) is 18.4 Å². The molecule has 9 heteroatoms. The quantitative estimate of drug-likeness (QED) is 0.714. The number of esters is 1. The lowest BCUT2D eigenvalue weighted by Crippen LogP contribution is -2.39. The Morgan fingerprint density at radius 1 is 1.15 bits per heavy atom. The molecule has 1 saturated carbocycles. The van der Waals surface area contributed by atoms with Gasteiger partial charge in [0.25, 0.3) is 5.91 Å². The minimum Gasteiger partial charge on any atom is -0.467 e. The number of hydrogen-bond acceptors (Lipinski definition) is 8. The van der Waals surface area contributed by atoms with Gasteiger partial charge in [-0.25, -0.2) is 4.79 Å². The zero-order valence-corrected chi connectivity index (χ0v) is 15.8. The summed E-state index contributed by atoms with van der Waals surface area (Å²) in [4.78, 5) is 23.6. The third-order valence-electron chi connectivity index (χ3n) is 5.00. The summed E-state index contributed by atoms with van der Waals surface area (Å²) in [6.45, 7) is 1.97. The minimum atomic E-state index is -0.360. The minimum absolute atomic E-state index is 0.0115. The number of piperidine rings is 1. The van der Waals surface area contributed by atoms with Gasteiger partial charge in [0.2, 0.25) is 5.01 Å². The van der Waals surface area contributed by atoms with E-state index in [9.17, 15) is 9.59 Å². The second-order valence-electron chi connectivity index (χ2n) is 6.80. The number of rotatable bonds is 6. The first-order chi connectivity index (χ1) is 12.7. The van der Waals surface area contributed by atoms with Crippen LogP contribution in [-0.2, 0) is 14.3 Å². The Morgan fingerprint density at radius 3 is 2.58 bits per heavy atom. The van der Waals surface area contributed by atoms with Crippen LogP contribution in [0.3, 0.4) is 0 Å². The Balaban J connectivity index is 1.43. The number of ether oxygens (including phenoxy) is 2. The summed E-state index contributed by atoms with van der Waals surface area (Å²) in [5, 5.41) is 16.1. The monoisotopic (exact) mass is 382 g/mol. The Hall–Kier alpha value is -1.58. The van der Waals surface area contributed by atoms with Crippen LogP contribution in [-0.4, -0.2) is 61.0 Å². The number of hydrogen-bond donors (Lipinski definition) is 2. The molecule has 3 rings (SSSR count). The van der Waals surface area contributed by atoms with Crippen LogP contribution in [0.1, 0.15) is 59.3 Å². The molecule has 0 atom stereocenters. The zero-order chi connectivity index (χ0) is 18.4. The van der Waals surface area contributed by atoms with Crippen molar-refractivity contribution >= 4 is 23.2 Å². The molecule has 26 heavy (non-hydrogen) atoms. The molecule has 1 amide bonds. The van der Waals surface area contributed by atoms with Crippen molar-refractivity contribution in [3.63, 3.8) is 0 Å². The molecule has 2 heterocycles. The molecule has 0 unspecified atom stereocenters. The lowest BCUT2D eigenvalue weighted by Gasteiger charge is -2.28. The molecule has 1 aromatic rings. The van der Waals surface area contributed by atoms with Gasteiger partial charge in [0, 0.05) is 12.0 Å². The molecule has 144 valence electrons. The first-order valence-electron chi connectivity index (χ1n) is 9.19. The van der Waals surface area contributed by atoms with Gasteiger partial charge in [0.05, 0.1) is 13.2 Å². The summed E-state index contributed by atoms with van der Waals surface area (Å²) in [5.41, 5.74) is 0. The van der Waals surface area contributed by atoms with Gasteiger partial charge in [0.15, 0.2) is 0 Å². The summed E-state index contributed by atoms with van der Waals surface area (Å²) in [6, 6.07) is 0.117. The van der Waals surface area contributed by atoms with Gasteiger partial charge in [-0.1, -0.05) is 11.3 Å². The molecular formula is C17H26N4O4S. The van der Waals surface area contributed by atoms with Crippen molar-refractivity contribution in [3.05, 3.63) is 10.0 Å². The third-order valence-corrected chi connectivity index (χ3v) is 6.08. The van der Waals surface area contributed by atoms with E-state index in [1.54, 1.807) is 0 Å². The van der Waals surface area contributed by atoms with Crippen LogP contribution in [0.25, 0.3) is 0 Å². The maximum absolute atomic E-state index is 12.4. The first-order valence-corrected chi connectivity index (χ1v) is 10.0. The fourth-order valence-electron chi connectivity index (χ4n) is 3.43. The third kappa shape index (κ3) is 5.21. The van der Waals surface area contributed by atoms with Crippen LogP contribution in [0.5, 0.6) is 0 Å². The molecular weight excluding hydrogens is 356 g/mol. The van der Waals surface area contributed by atoms with E-state index in [-0.39, 0.29) is 30.6 Å². The molecule has 2 N–H and O–H groups in total. The van der Waals surface area contributed by atoms with Crippen LogP contribution in [0.2, 0.25) is 0 Å². The Bertz CT molecular complexity index is 610. The van der Waals surface area contributed by atoms with E-state index in [0.717, 1.165) is 56.6 Å². The maximum atomic E-state index is 12.4. The second-order valence-corrected chi connectivity index (χ2v) is 7.81. The molecule has 1 aromatic heterocycles. The van der Waals surface area contributed by atoms with E-state index in [0.29, 0.717) is 10.9 Å². The number of methoxy groups -OCH3 is 1. The van der Waals surface area contributed by atoms with Gasteiger partial charge in [-0.2, -0.15) is 0 Å². The molecule has 1 saturated heterocycles. The van der Waals surface area contributed by atoms with Crippen molar-refractivity contribution in [1.29, 1.82) is 0 Å². The van der Waals surface area contributed by atoms with Gasteiger partial charge in [-0.3, -0.25) is 4.79 Å². The van der Waals surface area contributed by atoms with E-state index in [4.69, 9.17) is 4.74 Å². The fraction of sp³-hybridized carbons (Fsp3) is 0.765. The predicted molar refractivity (Wildman–Crippen MR) is 96.2 cm³/mol. The average Bonchev–Trinajstić information content (AvgIpc) is 3.18. The molecule has 8 nitrogen and oxygen atoms in total. The van der Waals surface area contributed by atoms with Gasteiger partial charge < -0.3 is 20.1 Å². The number of nitrogens with one attached hydrogen (secondary N) is 2. The standard InChI is InChI=1S/C17H26N4O4S/c1-24-14(22)10-25-13-4-2-12(3-5-13)19-15(23)17-21-20-16(26-17)11-6-8-18-9-7-11/h11-13,18H,2-10H2,1H3,(H,19,23). The van der Waals surface area contributed by atoms with Gasteiger partial charge in [0.1, 0.15) is 11.6 Å². The smallest absolute Gasteiger partial charge is 0.331 e. The van der Waals surface area contributed by atoms with Crippen molar-refractivity contribution in [3.8, 4) is 0 Å². The van der Waals surface area contributed by atoms with Crippen molar-refractivity contribution in [2.24, 2.45) is 0 Å². The average molecular weight is 382 g/mol. The molecule has 0 spiro atoms. The van der Waals surface area contributed by atoms with Gasteiger partial charge in [-0.15, -0.1) is 10.2 Å². The number of amides is 1. The number of carbonyl (C=O) groups is 2. The highest BCUT2D eigenvalue weighted by atomic mass is 32.1. The normalized spacial score (nSPS) is 24.2. The summed E-state index contributed by atoms with van der Waals surface area (Å²) >= 11 is 1.41. The number of carbonyl (C=O) groups excluding carboxylic acids is 2. The topological polar surface area (TPSA) is 102 Å². The van der Waals surface area contributed by atoms with Crippen molar-refractivity contribution in [2.45, 2.75) is 56.6 Å². The molecule has 2 fully saturated rings. The summed E-state index contributed by atoms with van der Waals surface area (Å²) < 4.78 is 10.1. The molecule has 0 radical (unpaired) electrons.